The van der Waals surface area contributed by atoms with Crippen LogP contribution in [0.5, 0.6) is 0 Å². The maximum absolute atomic E-state index is 12.9. The molecule has 0 amide bonds. The lowest BCUT2D eigenvalue weighted by atomic mass is 10.0. The Morgan fingerprint density at radius 3 is 1.06 bits per heavy atom. The number of hydrogen-bond donors (Lipinski definition) is 1. The molecule has 9 heteroatoms. The van der Waals surface area contributed by atoms with E-state index in [9.17, 15) is 19.5 Å². The first-order valence-corrected chi connectivity index (χ1v) is 31.0. The fourth-order valence-electron chi connectivity index (χ4n) is 7.92. The molecule has 79 heavy (non-hydrogen) atoms. The Kier molecular flexibility index (Phi) is 55.7. The van der Waals surface area contributed by atoms with Gasteiger partial charge in [-0.15, -0.1) is 0 Å². The van der Waals surface area contributed by atoms with Crippen molar-refractivity contribution in [1.82, 2.24) is 0 Å². The molecule has 0 aromatic carbocycles. The predicted molar refractivity (Wildman–Crippen MR) is 336 cm³/mol. The van der Waals surface area contributed by atoms with Crippen LogP contribution in [0, 0.1) is 0 Å². The van der Waals surface area contributed by atoms with Crippen molar-refractivity contribution in [3.8, 4) is 0 Å². The second-order valence-electron chi connectivity index (χ2n) is 21.2. The number of rotatable bonds is 55. The molecule has 0 fully saturated rings. The largest absolute Gasteiger partial charge is 0.477 e. The first-order chi connectivity index (χ1) is 38.6. The van der Waals surface area contributed by atoms with E-state index < -0.39 is 30.3 Å². The highest BCUT2D eigenvalue weighted by atomic mass is 16.7. The van der Waals surface area contributed by atoms with Crippen LogP contribution < -0.4 is 0 Å². The van der Waals surface area contributed by atoms with Crippen LogP contribution in [0.3, 0.4) is 0 Å². The molecule has 0 rings (SSSR count). The number of hydrogen-bond acceptors (Lipinski definition) is 7. The monoisotopic (exact) mass is 1100 g/mol. The number of carboxylic acids is 1. The first kappa shape index (κ1) is 74.2. The Morgan fingerprint density at radius 2 is 0.709 bits per heavy atom. The lowest BCUT2D eigenvalue weighted by molar-refractivity contribution is -0.870. The smallest absolute Gasteiger partial charge is 0.361 e. The van der Waals surface area contributed by atoms with Gasteiger partial charge >= 0.3 is 17.9 Å². The normalized spacial score (nSPS) is 13.8. The van der Waals surface area contributed by atoms with Crippen molar-refractivity contribution in [2.45, 2.75) is 232 Å². The van der Waals surface area contributed by atoms with E-state index in [-0.39, 0.29) is 32.7 Å². The molecule has 0 aromatic rings. The quantitative estimate of drug-likeness (QED) is 0.0211. The van der Waals surface area contributed by atoms with Crippen molar-refractivity contribution >= 4 is 17.9 Å². The summed E-state index contributed by atoms with van der Waals surface area (Å²) >= 11 is 0. The number of carbonyl (C=O) groups excluding carboxylic acids is 2. The van der Waals surface area contributed by atoms with Crippen molar-refractivity contribution in [1.29, 1.82) is 0 Å². The van der Waals surface area contributed by atoms with Gasteiger partial charge < -0.3 is 28.5 Å². The van der Waals surface area contributed by atoms with Gasteiger partial charge in [0.25, 0.3) is 6.29 Å². The number of carboxylic acid groups (broad SMARTS) is 1. The second kappa shape index (κ2) is 59.3. The summed E-state index contributed by atoms with van der Waals surface area (Å²) in [6.45, 7) is 4.54. The van der Waals surface area contributed by atoms with E-state index in [1.165, 1.54) is 83.5 Å². The predicted octanol–water partition coefficient (Wildman–Crippen LogP) is 18.8. The lowest BCUT2D eigenvalue weighted by Crippen LogP contribution is -2.40. The van der Waals surface area contributed by atoms with Crippen LogP contribution in [-0.4, -0.2) is 87.4 Å². The topological polar surface area (TPSA) is 108 Å². The number of quaternary nitrogens is 1. The molecule has 0 saturated heterocycles. The number of aliphatic carboxylic acids is 1. The number of ether oxygens (including phenoxy) is 4. The minimum Gasteiger partial charge on any atom is -0.477 e. The molecule has 0 spiro atoms. The van der Waals surface area contributed by atoms with E-state index in [1.807, 2.05) is 33.3 Å². The molecule has 0 aliphatic heterocycles. The molecule has 0 radical (unpaired) electrons. The van der Waals surface area contributed by atoms with Crippen molar-refractivity contribution in [3.63, 3.8) is 0 Å². The summed E-state index contributed by atoms with van der Waals surface area (Å²) in [5.41, 5.74) is 0. The molecule has 9 nitrogen and oxygen atoms in total. The van der Waals surface area contributed by atoms with Gasteiger partial charge in [-0.05, 0) is 103 Å². The number of esters is 2. The summed E-state index contributed by atoms with van der Waals surface area (Å²) in [5.74, 6) is -2.12. The van der Waals surface area contributed by atoms with Gasteiger partial charge in [-0.1, -0.05) is 250 Å². The Bertz CT molecular complexity index is 1800. The molecule has 0 heterocycles. The van der Waals surface area contributed by atoms with Gasteiger partial charge in [0.15, 0.2) is 6.10 Å². The fraction of sp³-hybridized carbons (Fsp3) is 0.614. The molecule has 446 valence electrons. The molecule has 2 unspecified atom stereocenters. The van der Waals surface area contributed by atoms with E-state index in [4.69, 9.17) is 18.9 Å². The summed E-state index contributed by atoms with van der Waals surface area (Å²) < 4.78 is 22.7. The average molecular weight is 1100 g/mol. The van der Waals surface area contributed by atoms with Gasteiger partial charge in [0.2, 0.25) is 0 Å². The minimum atomic E-state index is -1.53. The van der Waals surface area contributed by atoms with Gasteiger partial charge in [-0.25, -0.2) is 4.79 Å². The zero-order chi connectivity index (χ0) is 57.6. The Hall–Kier alpha value is -4.83. The summed E-state index contributed by atoms with van der Waals surface area (Å²) in [4.78, 5) is 37.3. The summed E-state index contributed by atoms with van der Waals surface area (Å²) in [6.07, 6.45) is 84.1. The number of allylic oxidation sites excluding steroid dienone is 24. The summed E-state index contributed by atoms with van der Waals surface area (Å²) in [5, 5.41) is 9.69. The summed E-state index contributed by atoms with van der Waals surface area (Å²) in [7, 11) is 5.94. The van der Waals surface area contributed by atoms with Crippen molar-refractivity contribution in [3.05, 3.63) is 146 Å². The van der Waals surface area contributed by atoms with Crippen LogP contribution in [0.4, 0.5) is 0 Å². The van der Waals surface area contributed by atoms with Crippen molar-refractivity contribution < 1.29 is 42.9 Å². The molecule has 0 saturated carbocycles. The van der Waals surface area contributed by atoms with Crippen molar-refractivity contribution in [2.24, 2.45) is 0 Å². The molecular formula is C70H114NO8+. The van der Waals surface area contributed by atoms with Crippen LogP contribution >= 0.6 is 0 Å². The maximum Gasteiger partial charge on any atom is 0.361 e. The van der Waals surface area contributed by atoms with Gasteiger partial charge in [0.1, 0.15) is 13.2 Å². The lowest BCUT2D eigenvalue weighted by Gasteiger charge is -2.25. The molecule has 0 bridgehead atoms. The van der Waals surface area contributed by atoms with Gasteiger partial charge in [0.05, 0.1) is 34.4 Å². The molecule has 2 atom stereocenters. The Morgan fingerprint density at radius 1 is 0.380 bits per heavy atom. The maximum atomic E-state index is 12.9. The highest BCUT2D eigenvalue weighted by Gasteiger charge is 2.25. The van der Waals surface area contributed by atoms with E-state index >= 15 is 0 Å². The molecule has 0 aliphatic rings. The first-order valence-electron chi connectivity index (χ1n) is 31.0. The summed E-state index contributed by atoms with van der Waals surface area (Å²) in [6, 6.07) is 0. The number of carbonyl (C=O) groups is 3. The van der Waals surface area contributed by atoms with E-state index in [2.05, 4.69) is 148 Å². The van der Waals surface area contributed by atoms with Gasteiger partial charge in [-0.3, -0.25) is 9.59 Å². The van der Waals surface area contributed by atoms with Crippen molar-refractivity contribution in [2.75, 3.05) is 47.5 Å². The molecule has 0 aliphatic carbocycles. The number of likely N-dealkylation sites (N-methyl/N-ethyl adjacent to an activating group) is 1. The zero-order valence-corrected chi connectivity index (χ0v) is 50.7. The fourth-order valence-corrected chi connectivity index (χ4v) is 7.92. The van der Waals surface area contributed by atoms with Gasteiger partial charge in [0, 0.05) is 12.8 Å². The van der Waals surface area contributed by atoms with Crippen LogP contribution in [0.1, 0.15) is 219 Å². The molecule has 1 N–H and O–H groups in total. The highest BCUT2D eigenvalue weighted by Crippen LogP contribution is 2.16. The third-order valence-electron chi connectivity index (χ3n) is 12.6. The average Bonchev–Trinajstić information content (AvgIpc) is 3.42. The van der Waals surface area contributed by atoms with E-state index in [1.54, 1.807) is 0 Å². The number of unbranched alkanes of at least 4 members (excludes halogenated alkanes) is 16. The number of nitrogens with zero attached hydrogens (tertiary/aromatic N) is 1. The minimum absolute atomic E-state index is 0.171. The third kappa shape index (κ3) is 60.7. The van der Waals surface area contributed by atoms with Gasteiger partial charge in [-0.2, -0.15) is 0 Å². The van der Waals surface area contributed by atoms with Crippen LogP contribution in [-0.2, 0) is 33.3 Å². The second-order valence-corrected chi connectivity index (χ2v) is 21.2. The van der Waals surface area contributed by atoms with Crippen LogP contribution in [0.2, 0.25) is 0 Å². The SMILES string of the molecule is CC/C=C\C/C=C\C/C=C\C/C=C\C/C=C\C/C=C\C/C=C\C/C=C\CCCCCCCCCCCCCCCCCCC(=O)OC(COC(=O)CC/C=C\C/C=C\C/C=C\C/C=C\CC)COC(OCC[N+](C)(C)C)C(=O)O. The van der Waals surface area contributed by atoms with Crippen LogP contribution in [0.15, 0.2) is 146 Å². The standard InChI is InChI=1S/C70H113NO8/c1-6-8-10-12-14-16-18-20-21-22-23-24-25-26-27-28-29-30-31-32-33-34-35-36-37-38-39-40-41-42-43-44-45-46-47-49-51-53-55-57-59-61-68(73)79-66(65-78-70(69(74)75)76-63-62-71(3,4)5)64-77-67(72)60-58-56-54-52-50-48-19-17-15-13-11-9-7-2/h8-11,14-17,20-21,23-24,26-27,29-30,32-33,35-36,48,50,54,56,66,70H,6-7,12-13,18-19,22,25,28,31,34,37-47,49,51-53,55,57-65H2,1-5H3/p+1/b10-8-,11-9-,16-14-,17-15-,21-20-,24-23-,27-26-,30-29-,33-32-,36-35-,50-48-,56-54-. The molecular weight excluding hydrogens is 983 g/mol. The van der Waals surface area contributed by atoms with Crippen LogP contribution in [0.25, 0.3) is 0 Å². The molecule has 0 aromatic heterocycles. The third-order valence-corrected chi connectivity index (χ3v) is 12.6. The van der Waals surface area contributed by atoms with E-state index in [0.29, 0.717) is 23.9 Å². The van der Waals surface area contributed by atoms with E-state index in [0.717, 1.165) is 96.3 Å². The Balaban J connectivity index is 4.07. The highest BCUT2D eigenvalue weighted by molar-refractivity contribution is 5.71. The zero-order valence-electron chi connectivity index (χ0n) is 50.7. The Labute approximate surface area is 483 Å².